The highest BCUT2D eigenvalue weighted by molar-refractivity contribution is 5.78. The van der Waals surface area contributed by atoms with E-state index in [4.69, 9.17) is 9.47 Å². The first-order chi connectivity index (χ1) is 10.2. The Morgan fingerprint density at radius 2 is 1.90 bits per heavy atom. The van der Waals surface area contributed by atoms with E-state index < -0.39 is 0 Å². The molecule has 1 rings (SSSR count). The number of amides is 1. The molecule has 0 aromatic heterocycles. The van der Waals surface area contributed by atoms with Crippen LogP contribution in [-0.4, -0.2) is 88.4 Å². The second kappa shape index (κ2) is 10.5. The summed E-state index contributed by atoms with van der Waals surface area (Å²) in [5.41, 5.74) is 0. The molecule has 1 fully saturated rings. The van der Waals surface area contributed by atoms with Gasteiger partial charge >= 0.3 is 5.97 Å². The normalized spacial score (nSPS) is 15.7. The zero-order valence-electron chi connectivity index (χ0n) is 13.0. The summed E-state index contributed by atoms with van der Waals surface area (Å²) in [5, 5.41) is 0. The maximum absolute atomic E-state index is 11.9. The molecule has 7 nitrogen and oxygen atoms in total. The molecule has 0 unspecified atom stereocenters. The fourth-order valence-electron chi connectivity index (χ4n) is 2.21. The van der Waals surface area contributed by atoms with Crippen LogP contribution in [0.25, 0.3) is 0 Å². The van der Waals surface area contributed by atoms with Crippen molar-refractivity contribution in [2.45, 2.75) is 12.8 Å². The van der Waals surface area contributed by atoms with Crippen LogP contribution in [0.5, 0.6) is 0 Å². The molecule has 0 atom stereocenters. The molecule has 7 heteroatoms. The predicted octanol–water partition coefficient (Wildman–Crippen LogP) is -0.253. The van der Waals surface area contributed by atoms with Crippen molar-refractivity contribution in [1.82, 2.24) is 9.80 Å². The van der Waals surface area contributed by atoms with Gasteiger partial charge in [-0.3, -0.25) is 14.5 Å². The Morgan fingerprint density at radius 3 is 2.52 bits per heavy atom. The van der Waals surface area contributed by atoms with Gasteiger partial charge in [-0.25, -0.2) is 0 Å². The summed E-state index contributed by atoms with van der Waals surface area (Å²) in [4.78, 5) is 27.1. The lowest BCUT2D eigenvalue weighted by molar-refractivity contribution is -0.142. The Hall–Kier alpha value is -1.18. The molecule has 1 amide bonds. The Balaban J connectivity index is 2.32. The minimum Gasteiger partial charge on any atom is -0.469 e. The number of hydrogen-bond acceptors (Lipinski definition) is 6. The summed E-state index contributed by atoms with van der Waals surface area (Å²) in [5.74, 6) is -0.401. The number of esters is 1. The van der Waals surface area contributed by atoms with Crippen molar-refractivity contribution >= 4 is 11.9 Å². The molecule has 0 aromatic rings. The van der Waals surface area contributed by atoms with Gasteiger partial charge in [0, 0.05) is 39.8 Å². The van der Waals surface area contributed by atoms with Crippen LogP contribution < -0.4 is 0 Å². The van der Waals surface area contributed by atoms with E-state index in [9.17, 15) is 9.59 Å². The quantitative estimate of drug-likeness (QED) is 0.547. The maximum Gasteiger partial charge on any atom is 0.307 e. The second-order valence-corrected chi connectivity index (χ2v) is 4.95. The van der Waals surface area contributed by atoms with E-state index in [0.29, 0.717) is 13.1 Å². The van der Waals surface area contributed by atoms with Crippen LogP contribution in [0.3, 0.4) is 0 Å². The van der Waals surface area contributed by atoms with Crippen LogP contribution in [0.1, 0.15) is 12.8 Å². The molecule has 0 spiro atoms. The smallest absolute Gasteiger partial charge is 0.307 e. The molecular weight excluding hydrogens is 276 g/mol. The lowest BCUT2D eigenvalue weighted by Gasteiger charge is -2.28. The molecule has 0 N–H and O–H groups in total. The number of morpholine rings is 1. The first kappa shape index (κ1) is 17.9. The SMILES string of the molecule is COCC(=O)N(CCCN1CCOCC1)CCC(=O)OC. The van der Waals surface area contributed by atoms with E-state index in [1.807, 2.05) is 0 Å². The van der Waals surface area contributed by atoms with Gasteiger partial charge in [0.2, 0.25) is 5.91 Å². The van der Waals surface area contributed by atoms with Gasteiger partial charge in [-0.2, -0.15) is 0 Å². The summed E-state index contributed by atoms with van der Waals surface area (Å²) in [6.45, 7) is 5.39. The van der Waals surface area contributed by atoms with E-state index in [1.165, 1.54) is 14.2 Å². The van der Waals surface area contributed by atoms with Crippen LogP contribution in [-0.2, 0) is 23.8 Å². The van der Waals surface area contributed by atoms with E-state index in [1.54, 1.807) is 4.90 Å². The Labute approximate surface area is 126 Å². The molecule has 0 radical (unpaired) electrons. The number of carbonyl (C=O) groups is 2. The number of ether oxygens (including phenoxy) is 3. The molecule has 0 bridgehead atoms. The van der Waals surface area contributed by atoms with Gasteiger partial charge in [-0.1, -0.05) is 0 Å². The van der Waals surface area contributed by atoms with Gasteiger partial charge in [0.1, 0.15) is 6.61 Å². The Kier molecular flexibility index (Phi) is 8.96. The van der Waals surface area contributed by atoms with E-state index in [-0.39, 0.29) is 24.9 Å². The summed E-state index contributed by atoms with van der Waals surface area (Å²) in [6.07, 6.45) is 1.08. The van der Waals surface area contributed by atoms with E-state index >= 15 is 0 Å². The molecule has 0 aromatic carbocycles. The van der Waals surface area contributed by atoms with Gasteiger partial charge in [0.15, 0.2) is 0 Å². The number of nitrogens with zero attached hydrogens (tertiary/aromatic N) is 2. The fourth-order valence-corrected chi connectivity index (χ4v) is 2.21. The lowest BCUT2D eigenvalue weighted by atomic mass is 10.3. The number of methoxy groups -OCH3 is 2. The highest BCUT2D eigenvalue weighted by atomic mass is 16.5. The average molecular weight is 302 g/mol. The van der Waals surface area contributed by atoms with Gasteiger partial charge in [0.25, 0.3) is 0 Å². The zero-order valence-corrected chi connectivity index (χ0v) is 13.0. The Bertz CT molecular complexity index is 318. The molecule has 21 heavy (non-hydrogen) atoms. The fraction of sp³-hybridized carbons (Fsp3) is 0.857. The van der Waals surface area contributed by atoms with Crippen LogP contribution in [0, 0.1) is 0 Å². The minimum absolute atomic E-state index is 0.0404. The van der Waals surface area contributed by atoms with Crippen LogP contribution in [0.15, 0.2) is 0 Å². The molecule has 1 aliphatic heterocycles. The third-order valence-electron chi connectivity index (χ3n) is 3.44. The summed E-state index contributed by atoms with van der Waals surface area (Å²) in [6, 6.07) is 0. The van der Waals surface area contributed by atoms with Crippen LogP contribution in [0.4, 0.5) is 0 Å². The van der Waals surface area contributed by atoms with E-state index in [0.717, 1.165) is 39.3 Å². The Morgan fingerprint density at radius 1 is 1.19 bits per heavy atom. The molecule has 1 saturated heterocycles. The maximum atomic E-state index is 11.9. The topological polar surface area (TPSA) is 68.3 Å². The van der Waals surface area contributed by atoms with Crippen LogP contribution in [0.2, 0.25) is 0 Å². The van der Waals surface area contributed by atoms with Crippen molar-refractivity contribution in [3.8, 4) is 0 Å². The predicted molar refractivity (Wildman–Crippen MR) is 77.0 cm³/mol. The standard InChI is InChI=1S/C14H26N2O5/c1-19-12-13(17)16(7-4-14(18)20-2)6-3-5-15-8-10-21-11-9-15/h3-12H2,1-2H3. The molecule has 1 heterocycles. The molecular formula is C14H26N2O5. The van der Waals surface area contributed by atoms with Crippen LogP contribution >= 0.6 is 0 Å². The number of carbonyl (C=O) groups excluding carboxylic acids is 2. The lowest BCUT2D eigenvalue weighted by Crippen LogP contribution is -2.40. The third-order valence-corrected chi connectivity index (χ3v) is 3.44. The monoisotopic (exact) mass is 302 g/mol. The number of hydrogen-bond donors (Lipinski definition) is 0. The zero-order chi connectivity index (χ0) is 15.5. The summed E-state index contributed by atoms with van der Waals surface area (Å²) >= 11 is 0. The van der Waals surface area contributed by atoms with Gasteiger partial charge in [0.05, 0.1) is 26.7 Å². The second-order valence-electron chi connectivity index (χ2n) is 4.95. The van der Waals surface area contributed by atoms with Crippen molar-refractivity contribution in [2.75, 3.05) is 66.8 Å². The molecule has 122 valence electrons. The highest BCUT2D eigenvalue weighted by Crippen LogP contribution is 2.02. The largest absolute Gasteiger partial charge is 0.469 e. The van der Waals surface area contributed by atoms with Crippen molar-refractivity contribution < 1.29 is 23.8 Å². The highest BCUT2D eigenvalue weighted by Gasteiger charge is 2.16. The summed E-state index contributed by atoms with van der Waals surface area (Å²) < 4.78 is 14.8. The number of rotatable bonds is 9. The van der Waals surface area contributed by atoms with E-state index in [2.05, 4.69) is 9.64 Å². The first-order valence-electron chi connectivity index (χ1n) is 7.31. The third kappa shape index (κ3) is 7.40. The molecule has 0 aliphatic carbocycles. The van der Waals surface area contributed by atoms with Gasteiger partial charge in [-0.15, -0.1) is 0 Å². The first-order valence-corrected chi connectivity index (χ1v) is 7.31. The van der Waals surface area contributed by atoms with Gasteiger partial charge in [-0.05, 0) is 6.42 Å². The van der Waals surface area contributed by atoms with Gasteiger partial charge < -0.3 is 19.1 Å². The minimum atomic E-state index is -0.307. The molecule has 0 saturated carbocycles. The average Bonchev–Trinajstić information content (AvgIpc) is 2.51. The van der Waals surface area contributed by atoms with Crippen molar-refractivity contribution in [1.29, 1.82) is 0 Å². The molecule has 1 aliphatic rings. The van der Waals surface area contributed by atoms with Crippen molar-refractivity contribution in [3.63, 3.8) is 0 Å². The van der Waals surface area contributed by atoms with Crippen molar-refractivity contribution in [2.24, 2.45) is 0 Å². The summed E-state index contributed by atoms with van der Waals surface area (Å²) in [7, 11) is 2.84. The van der Waals surface area contributed by atoms with Crippen molar-refractivity contribution in [3.05, 3.63) is 0 Å².